The SMILES string of the molecule is CCN(CC(=O)Nc1cccc(OC)c1)S(=O)(=O)c1ccc(F)c(F)c1. The quantitative estimate of drug-likeness (QED) is 0.796. The van der Waals surface area contributed by atoms with E-state index in [0.29, 0.717) is 17.5 Å². The van der Waals surface area contributed by atoms with Crippen LogP contribution in [0.15, 0.2) is 47.4 Å². The second kappa shape index (κ2) is 8.24. The van der Waals surface area contributed by atoms with E-state index in [-0.39, 0.29) is 6.54 Å². The molecule has 0 unspecified atom stereocenters. The summed E-state index contributed by atoms with van der Waals surface area (Å²) in [7, 11) is -2.67. The number of sulfonamides is 1. The van der Waals surface area contributed by atoms with E-state index in [9.17, 15) is 22.0 Å². The number of hydrogen-bond donors (Lipinski definition) is 1. The second-order valence-electron chi connectivity index (χ2n) is 5.29. The van der Waals surface area contributed by atoms with Gasteiger partial charge in [0.1, 0.15) is 5.75 Å². The molecule has 2 aromatic rings. The maximum absolute atomic E-state index is 13.3. The molecule has 140 valence electrons. The monoisotopic (exact) mass is 384 g/mol. The number of halogens is 2. The van der Waals surface area contributed by atoms with Gasteiger partial charge in [-0.1, -0.05) is 13.0 Å². The minimum absolute atomic E-state index is 0.0210. The van der Waals surface area contributed by atoms with Crippen LogP contribution in [-0.4, -0.2) is 38.8 Å². The number of nitrogens with zero attached hydrogens (tertiary/aromatic N) is 1. The molecule has 0 aliphatic heterocycles. The van der Waals surface area contributed by atoms with Crippen LogP contribution in [0, 0.1) is 11.6 Å². The molecule has 9 heteroatoms. The van der Waals surface area contributed by atoms with Gasteiger partial charge in [0.25, 0.3) is 0 Å². The molecule has 0 bridgehead atoms. The zero-order valence-corrected chi connectivity index (χ0v) is 15.0. The summed E-state index contributed by atoms with van der Waals surface area (Å²) in [6.07, 6.45) is 0. The van der Waals surface area contributed by atoms with E-state index in [1.807, 2.05) is 0 Å². The smallest absolute Gasteiger partial charge is 0.243 e. The van der Waals surface area contributed by atoms with Crippen molar-refractivity contribution in [1.82, 2.24) is 4.31 Å². The van der Waals surface area contributed by atoms with Gasteiger partial charge in [0, 0.05) is 18.3 Å². The van der Waals surface area contributed by atoms with E-state index in [0.717, 1.165) is 16.4 Å². The summed E-state index contributed by atoms with van der Waals surface area (Å²) >= 11 is 0. The highest BCUT2D eigenvalue weighted by Crippen LogP contribution is 2.19. The molecule has 0 spiro atoms. The third kappa shape index (κ3) is 4.55. The lowest BCUT2D eigenvalue weighted by molar-refractivity contribution is -0.116. The van der Waals surface area contributed by atoms with Crippen molar-refractivity contribution >= 4 is 21.6 Å². The number of hydrogen-bond acceptors (Lipinski definition) is 4. The summed E-state index contributed by atoms with van der Waals surface area (Å²) < 4.78 is 57.4. The molecule has 0 aromatic heterocycles. The van der Waals surface area contributed by atoms with Crippen LogP contribution in [0.3, 0.4) is 0 Å². The zero-order valence-electron chi connectivity index (χ0n) is 14.2. The molecule has 1 N–H and O–H groups in total. The fourth-order valence-corrected chi connectivity index (χ4v) is 3.63. The number of carbonyl (C=O) groups excluding carboxylic acids is 1. The number of anilines is 1. The highest BCUT2D eigenvalue weighted by atomic mass is 32.2. The summed E-state index contributed by atoms with van der Waals surface area (Å²) in [5.74, 6) is -2.47. The van der Waals surface area contributed by atoms with Crippen LogP contribution in [0.2, 0.25) is 0 Å². The molecule has 0 aliphatic carbocycles. The number of benzene rings is 2. The maximum Gasteiger partial charge on any atom is 0.243 e. The van der Waals surface area contributed by atoms with Crippen molar-refractivity contribution in [2.75, 3.05) is 25.5 Å². The first-order chi connectivity index (χ1) is 12.3. The summed E-state index contributed by atoms with van der Waals surface area (Å²) in [5.41, 5.74) is 0.440. The molecule has 0 aliphatic rings. The molecule has 0 saturated heterocycles. The van der Waals surface area contributed by atoms with Crippen molar-refractivity contribution in [2.45, 2.75) is 11.8 Å². The first kappa shape index (κ1) is 19.8. The Morgan fingerprint density at radius 3 is 2.50 bits per heavy atom. The predicted octanol–water partition coefficient (Wildman–Crippen LogP) is 2.62. The van der Waals surface area contributed by atoms with Gasteiger partial charge in [0.15, 0.2) is 11.6 Å². The van der Waals surface area contributed by atoms with Gasteiger partial charge < -0.3 is 10.1 Å². The van der Waals surface area contributed by atoms with Gasteiger partial charge in [-0.15, -0.1) is 0 Å². The molecule has 1 amide bonds. The number of likely N-dealkylation sites (N-methyl/N-ethyl adjacent to an activating group) is 1. The standard InChI is InChI=1S/C17H18F2N2O4S/c1-3-21(26(23,24)14-7-8-15(18)16(19)10-14)11-17(22)20-12-5-4-6-13(9-12)25-2/h4-10H,3,11H2,1-2H3,(H,20,22). The Kier molecular flexibility index (Phi) is 6.27. The molecule has 2 rings (SSSR count). The molecule has 0 saturated carbocycles. The Morgan fingerprint density at radius 1 is 1.15 bits per heavy atom. The van der Waals surface area contributed by atoms with Crippen LogP contribution in [0.5, 0.6) is 5.75 Å². The predicted molar refractivity (Wildman–Crippen MR) is 92.4 cm³/mol. The highest BCUT2D eigenvalue weighted by Gasteiger charge is 2.26. The van der Waals surface area contributed by atoms with Crippen LogP contribution >= 0.6 is 0 Å². The van der Waals surface area contributed by atoms with Crippen LogP contribution in [-0.2, 0) is 14.8 Å². The topological polar surface area (TPSA) is 75.7 Å². The molecule has 0 atom stereocenters. The van der Waals surface area contributed by atoms with E-state index in [2.05, 4.69) is 5.32 Å². The van der Waals surface area contributed by atoms with Gasteiger partial charge in [0.2, 0.25) is 15.9 Å². The van der Waals surface area contributed by atoms with Crippen molar-refractivity contribution in [3.8, 4) is 5.75 Å². The van der Waals surface area contributed by atoms with E-state index >= 15 is 0 Å². The molecule has 2 aromatic carbocycles. The van der Waals surface area contributed by atoms with Gasteiger partial charge >= 0.3 is 0 Å². The lowest BCUT2D eigenvalue weighted by atomic mass is 10.3. The van der Waals surface area contributed by atoms with Crippen LogP contribution < -0.4 is 10.1 Å². The number of amides is 1. The fraction of sp³-hybridized carbons (Fsp3) is 0.235. The summed E-state index contributed by atoms with van der Waals surface area (Å²) in [5, 5.41) is 2.57. The van der Waals surface area contributed by atoms with Crippen molar-refractivity contribution < 1.29 is 26.7 Å². The Labute approximate surface area is 150 Å². The molecule has 0 fully saturated rings. The lowest BCUT2D eigenvalue weighted by Crippen LogP contribution is -2.37. The van der Waals surface area contributed by atoms with Gasteiger partial charge in [-0.2, -0.15) is 4.31 Å². The third-order valence-electron chi connectivity index (χ3n) is 3.56. The van der Waals surface area contributed by atoms with Crippen molar-refractivity contribution in [2.24, 2.45) is 0 Å². The normalized spacial score (nSPS) is 11.4. The molecule has 0 heterocycles. The van der Waals surface area contributed by atoms with Crippen molar-refractivity contribution in [1.29, 1.82) is 0 Å². The van der Waals surface area contributed by atoms with Gasteiger partial charge in [-0.05, 0) is 30.3 Å². The third-order valence-corrected chi connectivity index (χ3v) is 5.47. The van der Waals surface area contributed by atoms with Gasteiger partial charge in [-0.25, -0.2) is 17.2 Å². The molecule has 26 heavy (non-hydrogen) atoms. The Morgan fingerprint density at radius 2 is 1.88 bits per heavy atom. The molecular weight excluding hydrogens is 366 g/mol. The first-order valence-corrected chi connectivity index (χ1v) is 9.11. The lowest BCUT2D eigenvalue weighted by Gasteiger charge is -2.20. The van der Waals surface area contributed by atoms with E-state index in [4.69, 9.17) is 4.74 Å². The van der Waals surface area contributed by atoms with Crippen LogP contribution in [0.1, 0.15) is 6.92 Å². The number of rotatable bonds is 7. The number of carbonyl (C=O) groups is 1. The van der Waals surface area contributed by atoms with Gasteiger partial charge in [-0.3, -0.25) is 4.79 Å². The number of ether oxygens (including phenoxy) is 1. The largest absolute Gasteiger partial charge is 0.497 e. The Bertz CT molecular complexity index is 903. The fourth-order valence-electron chi connectivity index (χ4n) is 2.21. The molecule has 6 nitrogen and oxygen atoms in total. The summed E-state index contributed by atoms with van der Waals surface area (Å²) in [6.45, 7) is 1.04. The summed E-state index contributed by atoms with van der Waals surface area (Å²) in [4.78, 5) is 11.8. The summed E-state index contributed by atoms with van der Waals surface area (Å²) in [6, 6.07) is 8.85. The van der Waals surface area contributed by atoms with E-state index < -0.39 is 39.0 Å². The molecular formula is C17H18F2N2O4S. The zero-order chi connectivity index (χ0) is 19.3. The van der Waals surface area contributed by atoms with Crippen LogP contribution in [0.25, 0.3) is 0 Å². The minimum atomic E-state index is -4.15. The van der Waals surface area contributed by atoms with Crippen LogP contribution in [0.4, 0.5) is 14.5 Å². The highest BCUT2D eigenvalue weighted by molar-refractivity contribution is 7.89. The van der Waals surface area contributed by atoms with Crippen molar-refractivity contribution in [3.63, 3.8) is 0 Å². The average molecular weight is 384 g/mol. The maximum atomic E-state index is 13.3. The average Bonchev–Trinajstić information content (AvgIpc) is 2.61. The van der Waals surface area contributed by atoms with Crippen molar-refractivity contribution in [3.05, 3.63) is 54.1 Å². The molecule has 0 radical (unpaired) electrons. The van der Waals surface area contributed by atoms with Gasteiger partial charge in [0.05, 0.1) is 18.6 Å². The van der Waals surface area contributed by atoms with E-state index in [1.54, 1.807) is 24.3 Å². The van der Waals surface area contributed by atoms with E-state index in [1.165, 1.54) is 14.0 Å². The number of methoxy groups -OCH3 is 1. The minimum Gasteiger partial charge on any atom is -0.497 e. The Hall–Kier alpha value is -2.52. The first-order valence-electron chi connectivity index (χ1n) is 7.67. The Balaban J connectivity index is 2.16. The second-order valence-corrected chi connectivity index (χ2v) is 7.23. The number of nitrogens with one attached hydrogen (secondary N) is 1.